The van der Waals surface area contributed by atoms with Crippen LogP contribution in [-0.4, -0.2) is 30.9 Å². The van der Waals surface area contributed by atoms with Gasteiger partial charge in [0.2, 0.25) is 0 Å². The van der Waals surface area contributed by atoms with Gasteiger partial charge in [-0.3, -0.25) is 4.40 Å². The molecule has 0 unspecified atom stereocenters. The Kier molecular flexibility index (Phi) is 3.34. The first-order chi connectivity index (χ1) is 8.06. The third-order valence-corrected chi connectivity index (χ3v) is 4.00. The molecule has 0 atom stereocenters. The van der Waals surface area contributed by atoms with Gasteiger partial charge in [0.25, 0.3) is 10.0 Å². The van der Waals surface area contributed by atoms with Crippen molar-refractivity contribution in [3.8, 4) is 0 Å². The predicted octanol–water partition coefficient (Wildman–Crippen LogP) is 0.225. The largest absolute Gasteiger partial charge is 0.329 e. The van der Waals surface area contributed by atoms with Gasteiger partial charge in [0.1, 0.15) is 5.65 Å². The Hall–Kier alpha value is -1.15. The Morgan fingerprint density at radius 1 is 1.47 bits per heavy atom. The number of sulfonamides is 1. The minimum absolute atomic E-state index is 0.0549. The van der Waals surface area contributed by atoms with Crippen LogP contribution in [0.4, 0.5) is 0 Å². The van der Waals surface area contributed by atoms with Crippen LogP contribution in [0, 0.1) is 0 Å². The predicted molar refractivity (Wildman–Crippen MR) is 64.4 cm³/mol. The highest BCUT2D eigenvalue weighted by Crippen LogP contribution is 2.21. The average molecular weight is 275 g/mol. The number of nitrogens with two attached hydrogens (primary N) is 1. The van der Waals surface area contributed by atoms with Crippen LogP contribution >= 0.6 is 11.6 Å². The molecule has 17 heavy (non-hydrogen) atoms. The SMILES string of the molecule is NCCNS(=O)(=O)c1c(Cl)nc2ccccn12. The summed E-state index contributed by atoms with van der Waals surface area (Å²) in [6.07, 6.45) is 1.59. The summed E-state index contributed by atoms with van der Waals surface area (Å²) in [5.74, 6) is 0. The lowest BCUT2D eigenvalue weighted by atomic mass is 10.5. The highest BCUT2D eigenvalue weighted by Gasteiger charge is 2.23. The number of aromatic nitrogens is 2. The van der Waals surface area contributed by atoms with Gasteiger partial charge in [0.15, 0.2) is 10.2 Å². The van der Waals surface area contributed by atoms with E-state index in [4.69, 9.17) is 17.3 Å². The van der Waals surface area contributed by atoms with Crippen molar-refractivity contribution in [2.75, 3.05) is 13.1 Å². The number of hydrogen-bond donors (Lipinski definition) is 2. The molecule has 0 amide bonds. The normalized spacial score (nSPS) is 12.1. The molecule has 2 rings (SSSR count). The van der Waals surface area contributed by atoms with Gasteiger partial charge in [-0.2, -0.15) is 0 Å². The summed E-state index contributed by atoms with van der Waals surface area (Å²) in [6.45, 7) is 0.367. The first-order valence-corrected chi connectivity index (χ1v) is 6.74. The standard InChI is InChI=1S/C9H11ClN4O2S/c10-8-9(17(15,16)12-5-4-11)14-6-2-1-3-7(14)13-8/h1-3,6,12H,4-5,11H2. The van der Waals surface area contributed by atoms with E-state index in [1.807, 2.05) is 0 Å². The Morgan fingerprint density at radius 2 is 2.24 bits per heavy atom. The van der Waals surface area contributed by atoms with Crippen molar-refractivity contribution in [1.29, 1.82) is 0 Å². The molecule has 0 saturated heterocycles. The van der Waals surface area contributed by atoms with Crippen molar-refractivity contribution in [1.82, 2.24) is 14.1 Å². The number of nitrogens with zero attached hydrogens (tertiary/aromatic N) is 2. The van der Waals surface area contributed by atoms with Gasteiger partial charge >= 0.3 is 0 Å². The molecular weight excluding hydrogens is 264 g/mol. The molecule has 0 radical (unpaired) electrons. The van der Waals surface area contributed by atoms with Gasteiger partial charge in [-0.15, -0.1) is 0 Å². The molecule has 2 aromatic heterocycles. The number of hydrogen-bond acceptors (Lipinski definition) is 4. The summed E-state index contributed by atoms with van der Waals surface area (Å²) in [5, 5.41) is -0.121. The minimum Gasteiger partial charge on any atom is -0.329 e. The maximum absolute atomic E-state index is 12.0. The highest BCUT2D eigenvalue weighted by atomic mass is 35.5. The number of rotatable bonds is 4. The van der Waals surface area contributed by atoms with Crippen LogP contribution in [0.3, 0.4) is 0 Å². The zero-order valence-corrected chi connectivity index (χ0v) is 10.4. The van der Waals surface area contributed by atoms with E-state index >= 15 is 0 Å². The second kappa shape index (κ2) is 4.61. The second-order valence-corrected chi connectivity index (χ2v) is 5.36. The second-order valence-electron chi connectivity index (χ2n) is 3.32. The average Bonchev–Trinajstić information content (AvgIpc) is 2.63. The third kappa shape index (κ3) is 2.27. The van der Waals surface area contributed by atoms with Crippen LogP contribution in [0.1, 0.15) is 0 Å². The molecule has 0 saturated carbocycles. The number of pyridine rings is 1. The topological polar surface area (TPSA) is 89.5 Å². The lowest BCUT2D eigenvalue weighted by Gasteiger charge is -2.05. The van der Waals surface area contributed by atoms with Crippen molar-refractivity contribution < 1.29 is 8.42 Å². The molecule has 0 aliphatic carbocycles. The molecule has 2 aromatic rings. The summed E-state index contributed by atoms with van der Waals surface area (Å²) in [4.78, 5) is 3.97. The smallest absolute Gasteiger partial charge is 0.259 e. The molecule has 0 spiro atoms. The van der Waals surface area contributed by atoms with Gasteiger partial charge < -0.3 is 5.73 Å². The fraction of sp³-hybridized carbons (Fsp3) is 0.222. The van der Waals surface area contributed by atoms with Crippen molar-refractivity contribution in [2.24, 2.45) is 5.73 Å². The minimum atomic E-state index is -3.70. The third-order valence-electron chi connectivity index (χ3n) is 2.14. The molecule has 8 heteroatoms. The van der Waals surface area contributed by atoms with E-state index in [0.717, 1.165) is 0 Å². The van der Waals surface area contributed by atoms with Gasteiger partial charge in [-0.25, -0.2) is 18.1 Å². The Labute approximate surface area is 103 Å². The maximum Gasteiger partial charge on any atom is 0.259 e. The first kappa shape index (κ1) is 12.3. The summed E-state index contributed by atoms with van der Waals surface area (Å²) >= 11 is 5.85. The summed E-state index contributed by atoms with van der Waals surface area (Å²) < 4.78 is 27.7. The molecule has 2 heterocycles. The van der Waals surface area contributed by atoms with E-state index in [9.17, 15) is 8.42 Å². The molecule has 0 aliphatic rings. The highest BCUT2D eigenvalue weighted by molar-refractivity contribution is 7.89. The zero-order chi connectivity index (χ0) is 12.5. The molecule has 3 N–H and O–H groups in total. The number of fused-ring (bicyclic) bond motifs is 1. The van der Waals surface area contributed by atoms with Gasteiger partial charge in [-0.05, 0) is 12.1 Å². The molecular formula is C9H11ClN4O2S. The fourth-order valence-corrected chi connectivity index (χ4v) is 3.13. The van der Waals surface area contributed by atoms with E-state index in [-0.39, 0.29) is 23.3 Å². The summed E-state index contributed by atoms with van der Waals surface area (Å²) in [7, 11) is -3.70. The van der Waals surface area contributed by atoms with Crippen molar-refractivity contribution in [2.45, 2.75) is 5.03 Å². The van der Waals surface area contributed by atoms with Crippen LogP contribution in [0.15, 0.2) is 29.4 Å². The molecule has 0 aliphatic heterocycles. The van der Waals surface area contributed by atoms with E-state index in [1.165, 1.54) is 4.40 Å². The van der Waals surface area contributed by atoms with Crippen LogP contribution in [0.5, 0.6) is 0 Å². The van der Waals surface area contributed by atoms with Crippen molar-refractivity contribution in [3.05, 3.63) is 29.5 Å². The molecule has 0 bridgehead atoms. The van der Waals surface area contributed by atoms with E-state index in [0.29, 0.717) is 5.65 Å². The lowest BCUT2D eigenvalue weighted by molar-refractivity contribution is 0.577. The van der Waals surface area contributed by atoms with Crippen molar-refractivity contribution in [3.63, 3.8) is 0 Å². The monoisotopic (exact) mass is 274 g/mol. The van der Waals surface area contributed by atoms with E-state index in [1.54, 1.807) is 24.4 Å². The summed E-state index contributed by atoms with van der Waals surface area (Å²) in [5.41, 5.74) is 5.73. The molecule has 6 nitrogen and oxygen atoms in total. The van der Waals surface area contributed by atoms with Gasteiger partial charge in [0.05, 0.1) is 0 Å². The van der Waals surface area contributed by atoms with E-state index < -0.39 is 10.0 Å². The number of halogens is 1. The lowest BCUT2D eigenvalue weighted by Crippen LogP contribution is -2.30. The molecule has 92 valence electrons. The number of nitrogens with one attached hydrogen (secondary N) is 1. The molecule has 0 fully saturated rings. The first-order valence-electron chi connectivity index (χ1n) is 4.88. The Balaban J connectivity index is 2.58. The quantitative estimate of drug-likeness (QED) is 0.835. The number of imidazole rings is 1. The Morgan fingerprint density at radius 3 is 2.94 bits per heavy atom. The van der Waals surface area contributed by atoms with Crippen molar-refractivity contribution >= 4 is 27.3 Å². The van der Waals surface area contributed by atoms with Gasteiger partial charge in [-0.1, -0.05) is 17.7 Å². The van der Waals surface area contributed by atoms with Crippen LogP contribution < -0.4 is 10.5 Å². The zero-order valence-electron chi connectivity index (χ0n) is 8.80. The van der Waals surface area contributed by atoms with Crippen LogP contribution in [-0.2, 0) is 10.0 Å². The summed E-state index contributed by atoms with van der Waals surface area (Å²) in [6, 6.07) is 5.13. The maximum atomic E-state index is 12.0. The molecule has 0 aromatic carbocycles. The fourth-order valence-electron chi connectivity index (χ4n) is 1.45. The van der Waals surface area contributed by atoms with Crippen LogP contribution in [0.25, 0.3) is 5.65 Å². The Bertz CT molecular complexity index is 637. The van der Waals surface area contributed by atoms with Gasteiger partial charge in [0, 0.05) is 19.3 Å². The van der Waals surface area contributed by atoms with Crippen LogP contribution in [0.2, 0.25) is 5.15 Å². The van der Waals surface area contributed by atoms with E-state index in [2.05, 4.69) is 9.71 Å².